The minimum atomic E-state index is -0.488. The second-order valence-electron chi connectivity index (χ2n) is 7.46. The van der Waals surface area contributed by atoms with Gasteiger partial charge in [-0.2, -0.15) is 0 Å². The number of piperidine rings is 1. The molecule has 3 aromatic rings. The lowest BCUT2D eigenvalue weighted by Gasteiger charge is -2.24. The van der Waals surface area contributed by atoms with Gasteiger partial charge in [-0.15, -0.1) is 0 Å². The number of nitrogens with zero attached hydrogens (tertiary/aromatic N) is 3. The van der Waals surface area contributed by atoms with Crippen LogP contribution in [-0.2, 0) is 4.79 Å². The smallest absolute Gasteiger partial charge is 0.248 e. The number of carbonyl (C=O) groups is 1. The first-order valence-corrected chi connectivity index (χ1v) is 10.6. The molecule has 1 aliphatic heterocycles. The fraction of sp³-hybridized carbons (Fsp3) is 0.261. The summed E-state index contributed by atoms with van der Waals surface area (Å²) in [6, 6.07) is 9.77. The molecule has 0 aliphatic carbocycles. The Hall–Kier alpha value is -3.03. The zero-order valence-electron chi connectivity index (χ0n) is 16.9. The lowest BCUT2D eigenvalue weighted by atomic mass is 10.00. The Labute approximate surface area is 185 Å². The van der Waals surface area contributed by atoms with Gasteiger partial charge >= 0.3 is 0 Å². The van der Waals surface area contributed by atoms with Crippen molar-refractivity contribution in [3.63, 3.8) is 0 Å². The molecule has 0 saturated carbocycles. The summed E-state index contributed by atoms with van der Waals surface area (Å²) in [6.45, 7) is 2.96. The third kappa shape index (κ3) is 5.57. The predicted molar refractivity (Wildman–Crippen MR) is 122 cm³/mol. The van der Waals surface area contributed by atoms with E-state index in [1.54, 1.807) is 24.3 Å². The Morgan fingerprint density at radius 2 is 1.90 bits per heavy atom. The molecule has 2 N–H and O–H groups in total. The lowest BCUT2D eigenvalue weighted by molar-refractivity contribution is -0.111. The van der Waals surface area contributed by atoms with Crippen LogP contribution in [-0.4, -0.2) is 40.4 Å². The number of hydrogen-bond donors (Lipinski definition) is 2. The van der Waals surface area contributed by atoms with Gasteiger partial charge in [0.15, 0.2) is 0 Å². The maximum absolute atomic E-state index is 13.4. The van der Waals surface area contributed by atoms with E-state index in [0.29, 0.717) is 22.7 Å². The maximum atomic E-state index is 13.4. The number of likely N-dealkylation sites (tertiary alicyclic amines) is 1. The van der Waals surface area contributed by atoms with Crippen molar-refractivity contribution in [2.45, 2.75) is 19.3 Å². The molecule has 1 aliphatic rings. The van der Waals surface area contributed by atoms with E-state index in [1.165, 1.54) is 37.7 Å². The number of halogens is 2. The van der Waals surface area contributed by atoms with Crippen LogP contribution in [0.2, 0.25) is 5.02 Å². The second kappa shape index (κ2) is 9.85. The van der Waals surface area contributed by atoms with Crippen molar-refractivity contribution < 1.29 is 9.18 Å². The largest absolute Gasteiger partial charge is 0.340 e. The standard InChI is InChI=1S/C23H23ClFN5O/c24-19-14-17(6-8-20(19)25)29-23-18-13-16(7-9-21(18)26-15-27-23)28-22(31)5-4-12-30-10-2-1-3-11-30/h4-9,13-15H,1-3,10-12H2,(H,28,31)(H,26,27,29)/b5-4+/i22-1. The van der Waals surface area contributed by atoms with Gasteiger partial charge in [-0.25, -0.2) is 14.4 Å². The molecule has 6 nitrogen and oxygen atoms in total. The molecule has 0 spiro atoms. The van der Waals surface area contributed by atoms with Gasteiger partial charge < -0.3 is 10.6 Å². The van der Waals surface area contributed by atoms with Crippen LogP contribution in [0.15, 0.2) is 54.9 Å². The number of rotatable bonds is 6. The van der Waals surface area contributed by atoms with E-state index in [4.69, 9.17) is 11.6 Å². The quantitative estimate of drug-likeness (QED) is 0.521. The van der Waals surface area contributed by atoms with E-state index in [2.05, 4.69) is 25.5 Å². The zero-order chi connectivity index (χ0) is 21.6. The third-order valence-corrected chi connectivity index (χ3v) is 5.46. The maximum Gasteiger partial charge on any atom is 0.248 e. The minimum absolute atomic E-state index is 0.0210. The molecular formula is C23H23ClFN5O. The van der Waals surface area contributed by atoms with Gasteiger partial charge in [-0.3, -0.25) is 9.69 Å². The highest BCUT2D eigenvalue weighted by Gasteiger charge is 2.09. The first-order chi connectivity index (χ1) is 15.1. The summed E-state index contributed by atoms with van der Waals surface area (Å²) in [7, 11) is 0. The molecule has 1 aromatic heterocycles. The first-order valence-electron chi connectivity index (χ1n) is 10.3. The van der Waals surface area contributed by atoms with Crippen LogP contribution in [0.4, 0.5) is 21.6 Å². The molecule has 0 radical (unpaired) electrons. The zero-order valence-corrected chi connectivity index (χ0v) is 17.7. The first kappa shape index (κ1) is 21.2. The number of hydrogen-bond acceptors (Lipinski definition) is 5. The fourth-order valence-corrected chi connectivity index (χ4v) is 3.76. The molecule has 2 heterocycles. The summed E-state index contributed by atoms with van der Waals surface area (Å²) in [5.74, 6) is -0.143. The number of anilines is 3. The van der Waals surface area contributed by atoms with Crippen LogP contribution in [0, 0.1) is 5.82 Å². The molecule has 0 unspecified atom stereocenters. The van der Waals surface area contributed by atoms with Crippen molar-refractivity contribution in [3.05, 3.63) is 65.7 Å². The number of fused-ring (bicyclic) bond motifs is 1. The molecule has 0 bridgehead atoms. The van der Waals surface area contributed by atoms with Gasteiger partial charge in [0.05, 0.1) is 10.5 Å². The molecule has 160 valence electrons. The Kier molecular flexibility index (Phi) is 6.74. The summed E-state index contributed by atoms with van der Waals surface area (Å²) in [6.07, 6.45) is 8.64. The van der Waals surface area contributed by atoms with Gasteiger partial charge in [-0.05, 0) is 62.3 Å². The van der Waals surface area contributed by atoms with Gasteiger partial charge in [0.25, 0.3) is 0 Å². The van der Waals surface area contributed by atoms with Crippen LogP contribution in [0.5, 0.6) is 0 Å². The normalized spacial score (nSPS) is 14.8. The van der Waals surface area contributed by atoms with Crippen molar-refractivity contribution in [3.8, 4) is 0 Å². The van der Waals surface area contributed by atoms with E-state index >= 15 is 0 Å². The van der Waals surface area contributed by atoms with E-state index in [1.807, 2.05) is 12.1 Å². The molecule has 1 fully saturated rings. The molecule has 1 amide bonds. The number of amides is 1. The second-order valence-corrected chi connectivity index (χ2v) is 7.87. The van der Waals surface area contributed by atoms with Gasteiger partial charge in [0, 0.05) is 29.4 Å². The van der Waals surface area contributed by atoms with Crippen molar-refractivity contribution in [2.24, 2.45) is 0 Å². The summed E-state index contributed by atoms with van der Waals surface area (Å²) in [4.78, 5) is 23.2. The van der Waals surface area contributed by atoms with E-state index < -0.39 is 5.82 Å². The molecule has 31 heavy (non-hydrogen) atoms. The fourth-order valence-electron chi connectivity index (χ4n) is 3.58. The highest BCUT2D eigenvalue weighted by Crippen LogP contribution is 2.27. The summed E-state index contributed by atoms with van der Waals surface area (Å²) in [5, 5.41) is 6.75. The molecule has 8 heteroatoms. The number of nitrogens with one attached hydrogen (secondary N) is 2. The number of carbonyl (C=O) groups excluding carboxylic acids is 1. The van der Waals surface area contributed by atoms with Gasteiger partial charge in [0.2, 0.25) is 5.91 Å². The van der Waals surface area contributed by atoms with Gasteiger partial charge in [0.1, 0.15) is 18.0 Å². The topological polar surface area (TPSA) is 70.2 Å². The Morgan fingerprint density at radius 3 is 2.71 bits per heavy atom. The summed E-state index contributed by atoms with van der Waals surface area (Å²) >= 11 is 5.87. The van der Waals surface area contributed by atoms with Crippen molar-refractivity contribution in [1.29, 1.82) is 0 Å². The molecule has 4 rings (SSSR count). The van der Waals surface area contributed by atoms with Crippen LogP contribution in [0.25, 0.3) is 10.9 Å². The molecule has 1 saturated heterocycles. The van der Waals surface area contributed by atoms with Gasteiger partial charge in [-0.1, -0.05) is 24.1 Å². The average Bonchev–Trinajstić information content (AvgIpc) is 2.77. The molecule has 2 aromatic carbocycles. The SMILES string of the molecule is O=[11C](/C=C/CN1CCCCC1)Nc1ccc2ncnc(Nc3ccc(F)c(Cl)c3)c2c1. The molecular weight excluding hydrogens is 416 g/mol. The van der Waals surface area contributed by atoms with Crippen LogP contribution >= 0.6 is 11.6 Å². The van der Waals surface area contributed by atoms with Crippen molar-refractivity contribution in [1.82, 2.24) is 14.9 Å². The van der Waals surface area contributed by atoms with Crippen molar-refractivity contribution >= 4 is 45.6 Å². The Morgan fingerprint density at radius 1 is 1.10 bits per heavy atom. The lowest BCUT2D eigenvalue weighted by Crippen LogP contribution is -2.29. The number of benzene rings is 2. The Bertz CT molecular complexity index is 1110. The van der Waals surface area contributed by atoms with E-state index in [9.17, 15) is 9.18 Å². The highest BCUT2D eigenvalue weighted by molar-refractivity contribution is 6.31. The average molecular weight is 439 g/mol. The monoisotopic (exact) mass is 438 g/mol. The molecule has 0 atom stereocenters. The number of aromatic nitrogens is 2. The van der Waals surface area contributed by atoms with Crippen molar-refractivity contribution in [2.75, 3.05) is 30.3 Å². The summed E-state index contributed by atoms with van der Waals surface area (Å²) < 4.78 is 13.4. The summed E-state index contributed by atoms with van der Waals surface area (Å²) in [5.41, 5.74) is 1.95. The third-order valence-electron chi connectivity index (χ3n) is 5.17. The van der Waals surface area contributed by atoms with Crippen LogP contribution in [0.1, 0.15) is 19.3 Å². The van der Waals surface area contributed by atoms with E-state index in [-0.39, 0.29) is 10.9 Å². The van der Waals surface area contributed by atoms with E-state index in [0.717, 1.165) is 25.0 Å². The Balaban J connectivity index is 1.47. The van der Waals surface area contributed by atoms with Crippen LogP contribution < -0.4 is 10.6 Å². The minimum Gasteiger partial charge on any atom is -0.340 e. The predicted octanol–water partition coefficient (Wildman–Crippen LogP) is 5.15. The van der Waals surface area contributed by atoms with Crippen LogP contribution in [0.3, 0.4) is 0 Å². The highest BCUT2D eigenvalue weighted by atomic mass is 35.5.